The number of aromatic nitrogens is 3. The van der Waals surface area contributed by atoms with Crippen molar-refractivity contribution < 1.29 is 26.4 Å². The first-order valence-electron chi connectivity index (χ1n) is 10.7. The number of hydrogen-bond donors (Lipinski definition) is 5. The van der Waals surface area contributed by atoms with Gasteiger partial charge >= 0.3 is 0 Å². The predicted molar refractivity (Wildman–Crippen MR) is 144 cm³/mol. The van der Waals surface area contributed by atoms with Crippen LogP contribution in [0, 0.1) is 0 Å². The number of ketones is 2. The summed E-state index contributed by atoms with van der Waals surface area (Å²) in [6.07, 6.45) is 0. The van der Waals surface area contributed by atoms with E-state index in [1.54, 1.807) is 12.1 Å². The number of anilines is 5. The lowest BCUT2D eigenvalue weighted by Crippen LogP contribution is -2.24. The van der Waals surface area contributed by atoms with Crippen LogP contribution in [0.5, 0.6) is 0 Å². The van der Waals surface area contributed by atoms with Crippen molar-refractivity contribution >= 4 is 84.9 Å². The molecule has 4 N–H and O–H groups in total. The van der Waals surface area contributed by atoms with Crippen molar-refractivity contribution in [1.29, 1.82) is 0 Å². The Morgan fingerprint density at radius 3 is 1.87 bits per heavy atom. The van der Waals surface area contributed by atoms with E-state index in [0.717, 1.165) is 6.07 Å². The van der Waals surface area contributed by atoms with Crippen LogP contribution in [0.1, 0.15) is 31.8 Å². The molecular formula is C23H14Cl2N6O6S2. The Labute approximate surface area is 233 Å². The van der Waals surface area contributed by atoms with Gasteiger partial charge in [0.05, 0.1) is 38.0 Å². The highest BCUT2D eigenvalue weighted by molar-refractivity contribution is 7.73. The molecule has 12 nitrogen and oxygen atoms in total. The average molecular weight is 605 g/mol. The first-order chi connectivity index (χ1) is 18.5. The average Bonchev–Trinajstić information content (AvgIpc) is 2.87. The number of nitrogens with zero attached hydrogens (tertiary/aromatic N) is 3. The quantitative estimate of drug-likeness (QED) is 0.141. The van der Waals surface area contributed by atoms with Crippen LogP contribution < -0.4 is 16.4 Å². The molecule has 0 bridgehead atoms. The van der Waals surface area contributed by atoms with Crippen molar-refractivity contribution in [3.8, 4) is 0 Å². The highest BCUT2D eigenvalue weighted by Crippen LogP contribution is 2.39. The smallest absolute Gasteiger partial charge is 0.232 e. The molecule has 0 saturated carbocycles. The van der Waals surface area contributed by atoms with Crippen molar-refractivity contribution in [3.05, 3.63) is 81.4 Å². The number of halogens is 2. The van der Waals surface area contributed by atoms with Crippen molar-refractivity contribution in [3.63, 3.8) is 0 Å². The highest BCUT2D eigenvalue weighted by Gasteiger charge is 2.35. The second kappa shape index (κ2) is 10.2. The van der Waals surface area contributed by atoms with Gasteiger partial charge in [0, 0.05) is 16.8 Å². The van der Waals surface area contributed by atoms with Crippen LogP contribution >= 0.6 is 23.2 Å². The molecule has 16 heteroatoms. The van der Waals surface area contributed by atoms with Gasteiger partial charge in [-0.25, -0.2) is 16.8 Å². The van der Waals surface area contributed by atoms with Crippen LogP contribution in [0.15, 0.2) is 58.3 Å². The fourth-order valence-electron chi connectivity index (χ4n) is 4.08. The summed E-state index contributed by atoms with van der Waals surface area (Å²) in [7, 11) is -6.34. The van der Waals surface area contributed by atoms with E-state index in [-0.39, 0.29) is 71.3 Å². The van der Waals surface area contributed by atoms with Crippen molar-refractivity contribution in [2.24, 2.45) is 0 Å². The minimum Gasteiger partial charge on any atom is -0.397 e. The van der Waals surface area contributed by atoms with E-state index >= 15 is 0 Å². The molecule has 198 valence electrons. The summed E-state index contributed by atoms with van der Waals surface area (Å²) in [6, 6.07) is 11.2. The summed E-state index contributed by atoms with van der Waals surface area (Å²) < 4.78 is 47.7. The lowest BCUT2D eigenvalue weighted by atomic mass is 9.82. The number of carbonyl (C=O) groups is 2. The van der Waals surface area contributed by atoms with Crippen LogP contribution in [0.25, 0.3) is 0 Å². The Balaban J connectivity index is 1.65. The number of benzene rings is 3. The molecule has 5 rings (SSSR count). The first kappa shape index (κ1) is 26.5. The Hall–Kier alpha value is -4.11. The largest absolute Gasteiger partial charge is 0.397 e. The zero-order valence-electron chi connectivity index (χ0n) is 19.1. The van der Waals surface area contributed by atoms with Gasteiger partial charge in [-0.15, -0.1) is 0 Å². The third-order valence-electron chi connectivity index (χ3n) is 5.71. The highest BCUT2D eigenvalue weighted by atomic mass is 35.5. The summed E-state index contributed by atoms with van der Waals surface area (Å²) in [5.41, 5.74) is 5.75. The molecule has 1 aromatic heterocycles. The SMILES string of the molecule is Nc1c([SH](=O)=O)cc(Nc2ccc([SH](=O)=O)c(Nc3nc(Cl)nc(Cl)n3)c2)c2c1C(=O)c1ccccc1C2=O. The Morgan fingerprint density at radius 1 is 0.692 bits per heavy atom. The molecule has 0 aliphatic heterocycles. The van der Waals surface area contributed by atoms with Gasteiger partial charge in [-0.05, 0) is 47.5 Å². The van der Waals surface area contributed by atoms with Gasteiger partial charge in [0.15, 0.2) is 33.0 Å². The summed E-state index contributed by atoms with van der Waals surface area (Å²) in [6.45, 7) is 0. The molecule has 4 aromatic rings. The molecule has 0 amide bonds. The molecule has 1 heterocycles. The molecule has 0 unspecified atom stereocenters. The number of fused-ring (bicyclic) bond motifs is 2. The molecule has 0 radical (unpaired) electrons. The molecular weight excluding hydrogens is 591 g/mol. The van der Waals surface area contributed by atoms with Crippen LogP contribution in [0.4, 0.5) is 28.7 Å². The van der Waals surface area contributed by atoms with Gasteiger partial charge < -0.3 is 16.4 Å². The second-order valence-corrected chi connectivity index (χ2v) is 10.7. The predicted octanol–water partition coefficient (Wildman–Crippen LogP) is 2.96. The third kappa shape index (κ3) is 4.90. The molecule has 0 fully saturated rings. The van der Waals surface area contributed by atoms with E-state index in [4.69, 9.17) is 28.9 Å². The molecule has 0 saturated heterocycles. The number of rotatable bonds is 6. The van der Waals surface area contributed by atoms with Crippen LogP contribution in [0.3, 0.4) is 0 Å². The van der Waals surface area contributed by atoms with Gasteiger partial charge in [-0.1, -0.05) is 24.3 Å². The summed E-state index contributed by atoms with van der Waals surface area (Å²) in [5, 5.41) is 5.13. The Bertz CT molecular complexity index is 1860. The fraction of sp³-hybridized carbons (Fsp3) is 0. The minimum atomic E-state index is -3.25. The molecule has 1 aliphatic rings. The topological polar surface area (TPSA) is 191 Å². The Morgan fingerprint density at radius 2 is 1.28 bits per heavy atom. The zero-order valence-corrected chi connectivity index (χ0v) is 22.4. The van der Waals surface area contributed by atoms with E-state index in [1.807, 2.05) is 0 Å². The maximum Gasteiger partial charge on any atom is 0.232 e. The van der Waals surface area contributed by atoms with E-state index in [1.165, 1.54) is 30.3 Å². The standard InChI is InChI=1S/C23H14Cl2N6O6S2/c24-21-29-22(25)31-23(30-21)28-12-7-9(5-6-14(12)38(34)35)27-13-8-15(39(36)37)18(26)17-16(13)19(32)10-3-1-2-4-11(10)20(17)33/h1-8,27,38-39H,26H2,(H,28,29,30,31). The molecule has 0 spiro atoms. The summed E-state index contributed by atoms with van der Waals surface area (Å²) in [4.78, 5) is 37.6. The van der Waals surface area contributed by atoms with Crippen molar-refractivity contribution in [2.45, 2.75) is 9.79 Å². The van der Waals surface area contributed by atoms with Gasteiger partial charge in [-0.2, -0.15) is 15.0 Å². The number of thiol groups is 2. The third-order valence-corrected chi connectivity index (χ3v) is 7.60. The lowest BCUT2D eigenvalue weighted by Gasteiger charge is -2.23. The van der Waals surface area contributed by atoms with Gasteiger partial charge in [0.25, 0.3) is 0 Å². The monoisotopic (exact) mass is 604 g/mol. The van der Waals surface area contributed by atoms with Crippen molar-refractivity contribution in [2.75, 3.05) is 16.4 Å². The van der Waals surface area contributed by atoms with Gasteiger partial charge in [-0.3, -0.25) is 9.59 Å². The summed E-state index contributed by atoms with van der Waals surface area (Å²) in [5.74, 6) is -1.30. The number of nitrogens with two attached hydrogens (primary N) is 1. The first-order valence-corrected chi connectivity index (χ1v) is 13.8. The van der Waals surface area contributed by atoms with Crippen molar-refractivity contribution in [1.82, 2.24) is 15.0 Å². The second-order valence-electron chi connectivity index (χ2n) is 8.00. The van der Waals surface area contributed by atoms with Gasteiger partial charge in [0.2, 0.25) is 16.5 Å². The number of hydrogen-bond acceptors (Lipinski definition) is 12. The van der Waals surface area contributed by atoms with Crippen LogP contribution in [-0.2, 0) is 21.4 Å². The zero-order chi connectivity index (χ0) is 28.0. The number of carbonyl (C=O) groups excluding carboxylic acids is 2. The Kier molecular flexibility index (Phi) is 6.94. The lowest BCUT2D eigenvalue weighted by molar-refractivity contribution is 0.0980. The van der Waals surface area contributed by atoms with Crippen LogP contribution in [-0.4, -0.2) is 43.4 Å². The fourth-order valence-corrected chi connectivity index (χ4v) is 5.50. The minimum absolute atomic E-state index is 0.00151. The number of nitrogen functional groups attached to an aromatic ring is 1. The normalized spacial score (nSPS) is 12.4. The maximum absolute atomic E-state index is 13.5. The van der Waals surface area contributed by atoms with E-state index in [9.17, 15) is 26.4 Å². The van der Waals surface area contributed by atoms with E-state index in [2.05, 4.69) is 25.6 Å². The summed E-state index contributed by atoms with van der Waals surface area (Å²) >= 11 is 11.6. The van der Waals surface area contributed by atoms with Gasteiger partial charge in [0.1, 0.15) is 0 Å². The molecule has 39 heavy (non-hydrogen) atoms. The molecule has 3 aromatic carbocycles. The molecule has 0 atom stereocenters. The van der Waals surface area contributed by atoms with Crippen LogP contribution in [0.2, 0.25) is 10.6 Å². The van der Waals surface area contributed by atoms with E-state index < -0.39 is 33.0 Å². The van der Waals surface area contributed by atoms with E-state index in [0.29, 0.717) is 0 Å². The number of nitrogens with one attached hydrogen (secondary N) is 2. The molecule has 1 aliphatic carbocycles. The maximum atomic E-state index is 13.5.